The molecular formula is C24H23Cl2N7O. The molecule has 2 aromatic carbocycles. The van der Waals surface area contributed by atoms with Crippen molar-refractivity contribution in [2.75, 3.05) is 30.3 Å². The van der Waals surface area contributed by atoms with Crippen LogP contribution in [0.25, 0.3) is 10.9 Å². The van der Waals surface area contributed by atoms with Gasteiger partial charge in [-0.2, -0.15) is 5.26 Å². The number of hydrogen-bond donors (Lipinski definition) is 2. The summed E-state index contributed by atoms with van der Waals surface area (Å²) in [6.45, 7) is 3.55. The Balaban J connectivity index is 1.50. The zero-order chi connectivity index (χ0) is 24.1. The summed E-state index contributed by atoms with van der Waals surface area (Å²) in [7, 11) is 0. The van der Waals surface area contributed by atoms with Gasteiger partial charge in [0.15, 0.2) is 0 Å². The topological polar surface area (TPSA) is 96.7 Å². The highest BCUT2D eigenvalue weighted by molar-refractivity contribution is 6.30. The van der Waals surface area contributed by atoms with Crippen molar-refractivity contribution < 1.29 is 4.79 Å². The number of carbonyl (C=O) groups is 1. The number of aromatic nitrogens is 1. The Labute approximate surface area is 207 Å². The normalized spacial score (nSPS) is 16.3. The second-order valence-electron chi connectivity index (χ2n) is 7.81. The molecule has 1 aromatic heterocycles. The van der Waals surface area contributed by atoms with Gasteiger partial charge < -0.3 is 20.4 Å². The fraction of sp³-hybridized carbons (Fsp3) is 0.250. The standard InChI is InChI=1S/C24H23Cl2N7O/c1-2-18-14-32(24(34)29-17-8-6-16(25)7-9-17)12-13-33(18)23(28-15-27)31-21-5-3-4-20-19(21)10-11-22(26)30-20/h3-11,18H,2,12-14H2,1H3,(H,28,31)(H,29,34). The Morgan fingerprint density at radius 3 is 2.68 bits per heavy atom. The largest absolute Gasteiger partial charge is 0.335 e. The fourth-order valence-electron chi connectivity index (χ4n) is 3.97. The van der Waals surface area contributed by atoms with E-state index in [0.29, 0.717) is 41.5 Å². The Morgan fingerprint density at radius 1 is 1.15 bits per heavy atom. The number of nitriles is 1. The van der Waals surface area contributed by atoms with Crippen molar-refractivity contribution >= 4 is 57.5 Å². The lowest BCUT2D eigenvalue weighted by Crippen LogP contribution is -2.58. The summed E-state index contributed by atoms with van der Waals surface area (Å²) in [6.07, 6.45) is 2.67. The van der Waals surface area contributed by atoms with Gasteiger partial charge >= 0.3 is 6.03 Å². The van der Waals surface area contributed by atoms with Gasteiger partial charge in [0.2, 0.25) is 12.2 Å². The molecule has 1 aliphatic rings. The lowest BCUT2D eigenvalue weighted by atomic mass is 10.1. The van der Waals surface area contributed by atoms with Crippen molar-refractivity contribution in [1.29, 1.82) is 5.26 Å². The molecule has 34 heavy (non-hydrogen) atoms. The van der Waals surface area contributed by atoms with Gasteiger partial charge in [-0.25, -0.2) is 9.78 Å². The molecule has 4 rings (SSSR count). The highest BCUT2D eigenvalue weighted by Gasteiger charge is 2.31. The molecule has 0 aliphatic carbocycles. The first-order valence-electron chi connectivity index (χ1n) is 10.9. The van der Waals surface area contributed by atoms with E-state index in [2.05, 4.69) is 20.6 Å². The molecule has 1 aliphatic heterocycles. The highest BCUT2D eigenvalue weighted by Crippen LogP contribution is 2.25. The second kappa shape index (κ2) is 10.6. The van der Waals surface area contributed by atoms with Gasteiger partial charge in [-0.05, 0) is 55.0 Å². The van der Waals surface area contributed by atoms with Crippen molar-refractivity contribution in [2.24, 2.45) is 4.99 Å². The predicted molar refractivity (Wildman–Crippen MR) is 136 cm³/mol. The minimum Gasteiger partial charge on any atom is -0.335 e. The first-order chi connectivity index (χ1) is 16.5. The predicted octanol–water partition coefficient (Wildman–Crippen LogP) is 5.42. The minimum absolute atomic E-state index is 0.0214. The lowest BCUT2D eigenvalue weighted by Gasteiger charge is -2.42. The third-order valence-corrected chi connectivity index (χ3v) is 6.17. The molecule has 1 unspecified atom stereocenters. The molecule has 2 N–H and O–H groups in total. The van der Waals surface area contributed by atoms with E-state index in [9.17, 15) is 10.1 Å². The molecule has 2 heterocycles. The van der Waals surface area contributed by atoms with Crippen LogP contribution in [0.1, 0.15) is 13.3 Å². The van der Waals surface area contributed by atoms with Gasteiger partial charge in [0.1, 0.15) is 5.15 Å². The summed E-state index contributed by atoms with van der Waals surface area (Å²) >= 11 is 12.0. The van der Waals surface area contributed by atoms with Crippen LogP contribution < -0.4 is 10.6 Å². The number of carbonyl (C=O) groups excluding carboxylic acids is 1. The van der Waals surface area contributed by atoms with Gasteiger partial charge in [-0.15, -0.1) is 4.99 Å². The lowest BCUT2D eigenvalue weighted by molar-refractivity contribution is 0.142. The third kappa shape index (κ3) is 5.33. The number of aliphatic imine (C=N–C) groups is 1. The summed E-state index contributed by atoms with van der Waals surface area (Å²) in [4.78, 5) is 25.1. The van der Waals surface area contributed by atoms with E-state index < -0.39 is 0 Å². The smallest absolute Gasteiger partial charge is 0.321 e. The van der Waals surface area contributed by atoms with Crippen LogP contribution in [0.3, 0.4) is 0 Å². The maximum Gasteiger partial charge on any atom is 0.321 e. The molecule has 174 valence electrons. The zero-order valence-corrected chi connectivity index (χ0v) is 20.0. The summed E-state index contributed by atoms with van der Waals surface area (Å²) in [5, 5.41) is 17.5. The van der Waals surface area contributed by atoms with E-state index in [4.69, 9.17) is 23.2 Å². The van der Waals surface area contributed by atoms with E-state index >= 15 is 0 Å². The number of guanidine groups is 1. The number of piperazine rings is 1. The number of hydrogen-bond acceptors (Lipinski definition) is 4. The molecule has 0 spiro atoms. The summed E-state index contributed by atoms with van der Waals surface area (Å²) < 4.78 is 0. The average Bonchev–Trinajstić information content (AvgIpc) is 2.84. The van der Waals surface area contributed by atoms with E-state index in [-0.39, 0.29) is 12.1 Å². The first kappa shape index (κ1) is 23.6. The van der Waals surface area contributed by atoms with Crippen molar-refractivity contribution in [3.63, 3.8) is 0 Å². The van der Waals surface area contributed by atoms with Crippen LogP contribution >= 0.6 is 23.2 Å². The molecule has 0 saturated carbocycles. The highest BCUT2D eigenvalue weighted by atomic mass is 35.5. The molecular weight excluding hydrogens is 473 g/mol. The number of pyridine rings is 1. The Morgan fingerprint density at radius 2 is 1.94 bits per heavy atom. The quantitative estimate of drug-likeness (QED) is 0.219. The number of anilines is 2. The van der Waals surface area contributed by atoms with Crippen LogP contribution in [0.15, 0.2) is 59.6 Å². The van der Waals surface area contributed by atoms with Gasteiger partial charge in [-0.1, -0.05) is 36.2 Å². The zero-order valence-electron chi connectivity index (χ0n) is 18.5. The number of urea groups is 1. The Bertz CT molecular complexity index is 1260. The first-order valence-corrected chi connectivity index (χ1v) is 11.6. The minimum atomic E-state index is -0.177. The number of nitrogens with zero attached hydrogens (tertiary/aromatic N) is 5. The number of halogens is 2. The molecule has 1 atom stereocenters. The van der Waals surface area contributed by atoms with E-state index in [1.807, 2.05) is 42.3 Å². The SMILES string of the molecule is CCC1CN(C(=O)Nc2ccc(Cl)cc2)CCN1/C(=N\C#N)Nc1cccc2nc(Cl)ccc12. The summed E-state index contributed by atoms with van der Waals surface area (Å²) in [5.41, 5.74) is 2.20. The number of benzene rings is 2. The number of nitrogens with one attached hydrogen (secondary N) is 2. The molecule has 1 saturated heterocycles. The van der Waals surface area contributed by atoms with Crippen molar-refractivity contribution in [2.45, 2.75) is 19.4 Å². The van der Waals surface area contributed by atoms with Gasteiger partial charge in [0.25, 0.3) is 0 Å². The maximum atomic E-state index is 12.8. The van der Waals surface area contributed by atoms with Crippen LogP contribution in [-0.4, -0.2) is 52.5 Å². The fourth-order valence-corrected chi connectivity index (χ4v) is 4.25. The summed E-state index contributed by atoms with van der Waals surface area (Å²) in [6, 6.07) is 16.1. The van der Waals surface area contributed by atoms with Crippen molar-refractivity contribution in [1.82, 2.24) is 14.8 Å². The average molecular weight is 496 g/mol. The van der Waals surface area contributed by atoms with Crippen LogP contribution in [0.4, 0.5) is 16.2 Å². The summed E-state index contributed by atoms with van der Waals surface area (Å²) in [5.74, 6) is 0.439. The van der Waals surface area contributed by atoms with E-state index in [1.165, 1.54) is 0 Å². The molecule has 10 heteroatoms. The molecule has 0 bridgehead atoms. The van der Waals surface area contributed by atoms with E-state index in [0.717, 1.165) is 23.0 Å². The molecule has 1 fully saturated rings. The maximum absolute atomic E-state index is 12.8. The van der Waals surface area contributed by atoms with Crippen LogP contribution in [-0.2, 0) is 0 Å². The Hall–Kier alpha value is -3.54. The van der Waals surface area contributed by atoms with Crippen LogP contribution in [0.5, 0.6) is 0 Å². The van der Waals surface area contributed by atoms with Crippen molar-refractivity contribution in [3.05, 3.63) is 64.8 Å². The molecule has 2 amide bonds. The number of fused-ring (bicyclic) bond motifs is 1. The molecule has 0 radical (unpaired) electrons. The van der Waals surface area contributed by atoms with Gasteiger partial charge in [0.05, 0.1) is 11.2 Å². The molecule has 3 aromatic rings. The second-order valence-corrected chi connectivity index (χ2v) is 8.63. The third-order valence-electron chi connectivity index (χ3n) is 5.71. The van der Waals surface area contributed by atoms with Gasteiger partial charge in [0, 0.05) is 41.8 Å². The number of rotatable bonds is 3. The van der Waals surface area contributed by atoms with Crippen LogP contribution in [0, 0.1) is 11.5 Å². The van der Waals surface area contributed by atoms with Crippen LogP contribution in [0.2, 0.25) is 10.2 Å². The molecule has 8 nitrogen and oxygen atoms in total. The number of amides is 2. The van der Waals surface area contributed by atoms with E-state index in [1.54, 1.807) is 35.2 Å². The van der Waals surface area contributed by atoms with Crippen molar-refractivity contribution in [3.8, 4) is 6.19 Å². The van der Waals surface area contributed by atoms with Gasteiger partial charge in [-0.3, -0.25) is 0 Å². The Kier molecular flexibility index (Phi) is 7.36. The monoisotopic (exact) mass is 495 g/mol.